The minimum Gasteiger partial charge on any atom is -0.229 e. The Labute approximate surface area is 112 Å². The molecule has 0 spiro atoms. The Bertz CT molecular complexity index is 681. The van der Waals surface area contributed by atoms with Crippen molar-refractivity contribution in [1.29, 1.82) is 0 Å². The molecular formula is C13H9FN2S2. The maximum Gasteiger partial charge on any atom is 0.127 e. The van der Waals surface area contributed by atoms with Crippen molar-refractivity contribution in [3.63, 3.8) is 0 Å². The van der Waals surface area contributed by atoms with Gasteiger partial charge in [0.05, 0.1) is 0 Å². The zero-order chi connectivity index (χ0) is 12.4. The monoisotopic (exact) mass is 276 g/mol. The van der Waals surface area contributed by atoms with Crippen LogP contribution in [0.1, 0.15) is 5.56 Å². The highest BCUT2D eigenvalue weighted by atomic mass is 32.2. The molecule has 0 unspecified atom stereocenters. The highest BCUT2D eigenvalue weighted by Crippen LogP contribution is 2.30. The van der Waals surface area contributed by atoms with Gasteiger partial charge in [0.1, 0.15) is 22.0 Å². The zero-order valence-electron chi connectivity index (χ0n) is 9.34. The fourth-order valence-electron chi connectivity index (χ4n) is 1.64. The van der Waals surface area contributed by atoms with Gasteiger partial charge in [-0.25, -0.2) is 14.4 Å². The topological polar surface area (TPSA) is 25.8 Å². The molecule has 0 fully saturated rings. The van der Waals surface area contributed by atoms with E-state index < -0.39 is 0 Å². The van der Waals surface area contributed by atoms with Crippen LogP contribution in [0.25, 0.3) is 10.2 Å². The third kappa shape index (κ3) is 2.23. The molecule has 18 heavy (non-hydrogen) atoms. The SMILES string of the molecule is Fc1ccccc1CSc1ncnc2sccc12. The Morgan fingerprint density at radius 1 is 1.17 bits per heavy atom. The van der Waals surface area contributed by atoms with Crippen LogP contribution in [-0.2, 0) is 5.75 Å². The first-order valence-electron chi connectivity index (χ1n) is 5.39. The van der Waals surface area contributed by atoms with Gasteiger partial charge < -0.3 is 0 Å². The first-order chi connectivity index (χ1) is 8.84. The maximum atomic E-state index is 13.5. The lowest BCUT2D eigenvalue weighted by Crippen LogP contribution is -1.88. The van der Waals surface area contributed by atoms with Crippen molar-refractivity contribution in [3.8, 4) is 0 Å². The summed E-state index contributed by atoms with van der Waals surface area (Å²) in [6.45, 7) is 0. The van der Waals surface area contributed by atoms with Gasteiger partial charge in [0.15, 0.2) is 0 Å². The number of fused-ring (bicyclic) bond motifs is 1. The van der Waals surface area contributed by atoms with Gasteiger partial charge in [0, 0.05) is 11.1 Å². The Balaban J connectivity index is 1.85. The first-order valence-corrected chi connectivity index (χ1v) is 7.25. The van der Waals surface area contributed by atoms with Crippen molar-refractivity contribution >= 4 is 33.3 Å². The third-order valence-electron chi connectivity index (χ3n) is 2.55. The molecule has 1 aromatic carbocycles. The fraction of sp³-hybridized carbons (Fsp3) is 0.0769. The minimum absolute atomic E-state index is 0.166. The summed E-state index contributed by atoms with van der Waals surface area (Å²) in [6.07, 6.45) is 1.56. The van der Waals surface area contributed by atoms with Gasteiger partial charge in [-0.1, -0.05) is 18.2 Å². The van der Waals surface area contributed by atoms with Gasteiger partial charge in [-0.2, -0.15) is 0 Å². The van der Waals surface area contributed by atoms with E-state index in [1.165, 1.54) is 17.8 Å². The molecule has 0 atom stereocenters. The van der Waals surface area contributed by atoms with Crippen LogP contribution in [0.4, 0.5) is 4.39 Å². The largest absolute Gasteiger partial charge is 0.229 e. The van der Waals surface area contributed by atoms with E-state index in [0.29, 0.717) is 11.3 Å². The summed E-state index contributed by atoms with van der Waals surface area (Å²) in [5.74, 6) is 0.412. The maximum absolute atomic E-state index is 13.5. The first kappa shape index (κ1) is 11.6. The van der Waals surface area contributed by atoms with E-state index in [2.05, 4.69) is 9.97 Å². The third-order valence-corrected chi connectivity index (χ3v) is 4.42. The highest BCUT2D eigenvalue weighted by Gasteiger charge is 2.07. The number of halogens is 1. The summed E-state index contributed by atoms with van der Waals surface area (Å²) in [6, 6.07) is 8.83. The van der Waals surface area contributed by atoms with Crippen LogP contribution in [0.15, 0.2) is 47.1 Å². The molecule has 3 rings (SSSR count). The molecule has 2 heterocycles. The fourth-order valence-corrected chi connectivity index (χ4v) is 3.41. The Morgan fingerprint density at radius 2 is 2.06 bits per heavy atom. The van der Waals surface area contributed by atoms with Crippen molar-refractivity contribution in [2.75, 3.05) is 0 Å². The summed E-state index contributed by atoms with van der Waals surface area (Å²) in [7, 11) is 0. The normalized spacial score (nSPS) is 10.9. The second kappa shape index (κ2) is 5.04. The number of hydrogen-bond acceptors (Lipinski definition) is 4. The zero-order valence-corrected chi connectivity index (χ0v) is 11.0. The van der Waals surface area contributed by atoms with Crippen molar-refractivity contribution < 1.29 is 4.39 Å². The number of hydrogen-bond donors (Lipinski definition) is 0. The van der Waals surface area contributed by atoms with Gasteiger partial charge in [0.2, 0.25) is 0 Å². The lowest BCUT2D eigenvalue weighted by Gasteiger charge is -2.03. The lowest BCUT2D eigenvalue weighted by molar-refractivity contribution is 0.617. The number of rotatable bonds is 3. The van der Waals surface area contributed by atoms with Crippen LogP contribution in [-0.4, -0.2) is 9.97 Å². The number of aromatic nitrogens is 2. The van der Waals surface area contributed by atoms with Gasteiger partial charge in [0.25, 0.3) is 0 Å². The van der Waals surface area contributed by atoms with E-state index in [0.717, 1.165) is 15.2 Å². The van der Waals surface area contributed by atoms with E-state index in [1.807, 2.05) is 17.5 Å². The van der Waals surface area contributed by atoms with E-state index in [-0.39, 0.29) is 5.82 Å². The van der Waals surface area contributed by atoms with Gasteiger partial charge >= 0.3 is 0 Å². The summed E-state index contributed by atoms with van der Waals surface area (Å²) >= 11 is 3.13. The molecule has 5 heteroatoms. The Morgan fingerprint density at radius 3 is 2.94 bits per heavy atom. The predicted molar refractivity (Wildman–Crippen MR) is 73.4 cm³/mol. The molecule has 90 valence electrons. The summed E-state index contributed by atoms with van der Waals surface area (Å²) in [5.41, 5.74) is 0.699. The second-order valence-corrected chi connectivity index (χ2v) is 5.56. The molecule has 2 nitrogen and oxygen atoms in total. The van der Waals surface area contributed by atoms with Gasteiger partial charge in [-0.3, -0.25) is 0 Å². The van der Waals surface area contributed by atoms with Crippen LogP contribution in [0.5, 0.6) is 0 Å². The van der Waals surface area contributed by atoms with E-state index in [9.17, 15) is 4.39 Å². The average molecular weight is 276 g/mol. The molecule has 2 aromatic heterocycles. The molecule has 0 saturated heterocycles. The highest BCUT2D eigenvalue weighted by molar-refractivity contribution is 7.98. The van der Waals surface area contributed by atoms with Crippen LogP contribution in [0.3, 0.4) is 0 Å². The summed E-state index contributed by atoms with van der Waals surface area (Å²) in [5, 5.41) is 3.94. The predicted octanol–water partition coefficient (Wildman–Crippen LogP) is 4.12. The van der Waals surface area contributed by atoms with E-state index >= 15 is 0 Å². The second-order valence-electron chi connectivity index (χ2n) is 3.70. The Kier molecular flexibility index (Phi) is 3.25. The standard InChI is InChI=1S/C13H9FN2S2/c14-11-4-2-1-3-9(11)7-18-13-10-5-6-17-12(10)15-8-16-13/h1-6,8H,7H2. The van der Waals surface area contributed by atoms with Crippen LogP contribution >= 0.6 is 23.1 Å². The number of benzene rings is 1. The quantitative estimate of drug-likeness (QED) is 0.531. The van der Waals surface area contributed by atoms with Crippen molar-refractivity contribution in [2.45, 2.75) is 10.8 Å². The lowest BCUT2D eigenvalue weighted by atomic mass is 10.2. The molecule has 0 radical (unpaired) electrons. The average Bonchev–Trinajstić information content (AvgIpc) is 2.86. The summed E-state index contributed by atoms with van der Waals surface area (Å²) in [4.78, 5) is 9.43. The van der Waals surface area contributed by atoms with Crippen LogP contribution in [0, 0.1) is 5.82 Å². The van der Waals surface area contributed by atoms with Crippen LogP contribution in [0.2, 0.25) is 0 Å². The molecule has 0 amide bonds. The van der Waals surface area contributed by atoms with Crippen molar-refractivity contribution in [1.82, 2.24) is 9.97 Å². The van der Waals surface area contributed by atoms with E-state index in [4.69, 9.17) is 0 Å². The smallest absolute Gasteiger partial charge is 0.127 e. The minimum atomic E-state index is -0.166. The van der Waals surface area contributed by atoms with Crippen molar-refractivity contribution in [3.05, 3.63) is 53.4 Å². The molecule has 0 aliphatic rings. The molecule has 0 saturated carbocycles. The molecule has 0 aliphatic carbocycles. The molecule has 0 N–H and O–H groups in total. The van der Waals surface area contributed by atoms with Gasteiger partial charge in [-0.15, -0.1) is 23.1 Å². The molecule has 0 aliphatic heterocycles. The number of thioether (sulfide) groups is 1. The van der Waals surface area contributed by atoms with Crippen LogP contribution < -0.4 is 0 Å². The number of thiophene rings is 1. The Hall–Kier alpha value is -1.46. The van der Waals surface area contributed by atoms with E-state index in [1.54, 1.807) is 29.8 Å². The molecule has 3 aromatic rings. The molecule has 0 bridgehead atoms. The van der Waals surface area contributed by atoms with Gasteiger partial charge in [-0.05, 0) is 23.1 Å². The number of nitrogens with zero attached hydrogens (tertiary/aromatic N) is 2. The van der Waals surface area contributed by atoms with Crippen molar-refractivity contribution in [2.24, 2.45) is 0 Å². The summed E-state index contributed by atoms with van der Waals surface area (Å²) < 4.78 is 13.5. The molecular weight excluding hydrogens is 267 g/mol.